The van der Waals surface area contributed by atoms with Gasteiger partial charge in [-0.05, 0) is 56.1 Å². The van der Waals surface area contributed by atoms with Crippen molar-refractivity contribution in [3.63, 3.8) is 0 Å². The number of ether oxygens (including phenoxy) is 1. The first-order chi connectivity index (χ1) is 9.88. The van der Waals surface area contributed by atoms with Gasteiger partial charge in [0.05, 0.1) is 6.10 Å². The van der Waals surface area contributed by atoms with Gasteiger partial charge in [-0.3, -0.25) is 0 Å². The van der Waals surface area contributed by atoms with Gasteiger partial charge < -0.3 is 10.1 Å². The summed E-state index contributed by atoms with van der Waals surface area (Å²) in [7, 11) is 0. The Hall–Kier alpha value is -0.670. The normalized spacial score (nSPS) is 23.0. The van der Waals surface area contributed by atoms with Crippen LogP contribution in [0.15, 0.2) is 24.3 Å². The van der Waals surface area contributed by atoms with Crippen molar-refractivity contribution in [1.82, 2.24) is 5.32 Å². The summed E-state index contributed by atoms with van der Waals surface area (Å²) < 4.78 is 5.80. The van der Waals surface area contributed by atoms with E-state index in [1.807, 2.05) is 6.07 Å². The Balaban J connectivity index is 2.04. The molecule has 1 heterocycles. The summed E-state index contributed by atoms with van der Waals surface area (Å²) in [5.74, 6) is 3.46. The van der Waals surface area contributed by atoms with Gasteiger partial charge >= 0.3 is 0 Å². The van der Waals surface area contributed by atoms with Gasteiger partial charge in [-0.15, -0.1) is 0 Å². The number of thioether (sulfide) groups is 1. The van der Waals surface area contributed by atoms with Crippen LogP contribution in [-0.4, -0.2) is 23.7 Å². The highest BCUT2D eigenvalue weighted by molar-refractivity contribution is 7.99. The third-order valence-electron chi connectivity index (χ3n) is 4.30. The lowest BCUT2D eigenvalue weighted by Crippen LogP contribution is -2.47. The molecule has 0 saturated carbocycles. The Morgan fingerprint density at radius 3 is 2.71 bits per heavy atom. The highest BCUT2D eigenvalue weighted by atomic mass is 32.2. The van der Waals surface area contributed by atoms with Gasteiger partial charge in [0, 0.05) is 17.8 Å². The SMILES string of the molecule is CC(C)Oc1cccc(C(C)NC2CSCCC2(C)C)c1. The molecule has 2 unspecified atom stereocenters. The van der Waals surface area contributed by atoms with Gasteiger partial charge in [0.15, 0.2) is 0 Å². The Kier molecular flexibility index (Phi) is 5.61. The molecule has 0 aliphatic carbocycles. The Bertz CT molecular complexity index is 458. The minimum Gasteiger partial charge on any atom is -0.491 e. The van der Waals surface area contributed by atoms with Gasteiger partial charge in [-0.25, -0.2) is 0 Å². The number of hydrogen-bond acceptors (Lipinski definition) is 3. The minimum atomic E-state index is 0.220. The lowest BCUT2D eigenvalue weighted by atomic mass is 9.81. The molecule has 1 N–H and O–H groups in total. The van der Waals surface area contributed by atoms with Gasteiger partial charge in [0.25, 0.3) is 0 Å². The van der Waals surface area contributed by atoms with E-state index in [4.69, 9.17) is 4.74 Å². The monoisotopic (exact) mass is 307 g/mol. The first kappa shape index (κ1) is 16.7. The maximum Gasteiger partial charge on any atom is 0.120 e. The first-order valence-corrected chi connectivity index (χ1v) is 9.14. The third-order valence-corrected chi connectivity index (χ3v) is 5.36. The van der Waals surface area contributed by atoms with Crippen molar-refractivity contribution in [2.24, 2.45) is 5.41 Å². The Morgan fingerprint density at radius 1 is 1.29 bits per heavy atom. The molecule has 0 spiro atoms. The third kappa shape index (κ3) is 4.65. The summed E-state index contributed by atoms with van der Waals surface area (Å²) in [6, 6.07) is 9.40. The molecule has 0 radical (unpaired) electrons. The molecule has 2 nitrogen and oxygen atoms in total. The molecule has 1 saturated heterocycles. The van der Waals surface area contributed by atoms with E-state index >= 15 is 0 Å². The van der Waals surface area contributed by atoms with Crippen LogP contribution in [0.25, 0.3) is 0 Å². The van der Waals surface area contributed by atoms with Gasteiger partial charge in [0.1, 0.15) is 5.75 Å². The molecule has 1 aliphatic rings. The number of nitrogens with one attached hydrogen (secondary N) is 1. The van der Waals surface area contributed by atoms with Crippen molar-refractivity contribution >= 4 is 11.8 Å². The summed E-state index contributed by atoms with van der Waals surface area (Å²) in [6.45, 7) is 11.2. The van der Waals surface area contributed by atoms with Crippen LogP contribution < -0.4 is 10.1 Å². The number of hydrogen-bond donors (Lipinski definition) is 1. The molecule has 118 valence electrons. The fourth-order valence-corrected chi connectivity index (χ4v) is 4.36. The minimum absolute atomic E-state index is 0.220. The fraction of sp³-hybridized carbons (Fsp3) is 0.667. The first-order valence-electron chi connectivity index (χ1n) is 7.99. The van der Waals surface area contributed by atoms with Crippen LogP contribution in [0.2, 0.25) is 0 Å². The maximum absolute atomic E-state index is 5.80. The van der Waals surface area contributed by atoms with Crippen molar-refractivity contribution in [1.29, 1.82) is 0 Å². The summed E-state index contributed by atoms with van der Waals surface area (Å²) in [5, 5.41) is 3.83. The van der Waals surface area contributed by atoms with Crippen LogP contribution in [0.3, 0.4) is 0 Å². The molecule has 0 aromatic heterocycles. The predicted molar refractivity (Wildman–Crippen MR) is 93.3 cm³/mol. The van der Waals surface area contributed by atoms with Gasteiger partial charge in [-0.2, -0.15) is 11.8 Å². The lowest BCUT2D eigenvalue weighted by molar-refractivity contribution is 0.230. The van der Waals surface area contributed by atoms with Crippen molar-refractivity contribution in [3.05, 3.63) is 29.8 Å². The van der Waals surface area contributed by atoms with Crippen LogP contribution in [0.5, 0.6) is 5.75 Å². The van der Waals surface area contributed by atoms with E-state index in [2.05, 4.69) is 69.9 Å². The molecule has 2 atom stereocenters. The quantitative estimate of drug-likeness (QED) is 0.855. The van der Waals surface area contributed by atoms with Gasteiger partial charge in [0.2, 0.25) is 0 Å². The van der Waals surface area contributed by atoms with E-state index in [1.165, 1.54) is 23.5 Å². The Morgan fingerprint density at radius 2 is 2.05 bits per heavy atom. The largest absolute Gasteiger partial charge is 0.491 e. The van der Waals surface area contributed by atoms with Crippen molar-refractivity contribution in [3.8, 4) is 5.75 Å². The molecule has 1 aromatic carbocycles. The molecule has 0 amide bonds. The second-order valence-corrected chi connectivity index (χ2v) is 8.14. The van der Waals surface area contributed by atoms with E-state index in [1.54, 1.807) is 0 Å². The van der Waals surface area contributed by atoms with Gasteiger partial charge in [-0.1, -0.05) is 26.0 Å². The molecule has 1 aliphatic heterocycles. The highest BCUT2D eigenvalue weighted by Crippen LogP contribution is 2.35. The molecular weight excluding hydrogens is 278 g/mol. The van der Waals surface area contributed by atoms with Crippen molar-refractivity contribution in [2.45, 2.75) is 59.2 Å². The average molecular weight is 308 g/mol. The fourth-order valence-electron chi connectivity index (χ4n) is 2.74. The van der Waals surface area contributed by atoms with E-state index in [9.17, 15) is 0 Å². The van der Waals surface area contributed by atoms with Crippen LogP contribution in [0.1, 0.15) is 52.6 Å². The predicted octanol–water partition coefficient (Wildman–Crippen LogP) is 4.66. The van der Waals surface area contributed by atoms with Crippen LogP contribution >= 0.6 is 11.8 Å². The second kappa shape index (κ2) is 7.06. The van der Waals surface area contributed by atoms with Crippen LogP contribution in [0.4, 0.5) is 0 Å². The topological polar surface area (TPSA) is 21.3 Å². The van der Waals surface area contributed by atoms with E-state index in [-0.39, 0.29) is 6.10 Å². The summed E-state index contributed by atoms with van der Waals surface area (Å²) in [4.78, 5) is 0. The molecule has 0 bridgehead atoms. The van der Waals surface area contributed by atoms with E-state index in [0.717, 1.165) is 5.75 Å². The summed E-state index contributed by atoms with van der Waals surface area (Å²) in [5.41, 5.74) is 1.69. The molecule has 2 rings (SSSR count). The summed E-state index contributed by atoms with van der Waals surface area (Å²) >= 11 is 2.07. The molecular formula is C18H29NOS. The van der Waals surface area contributed by atoms with E-state index in [0.29, 0.717) is 17.5 Å². The standard InChI is InChI=1S/C18H29NOS/c1-13(2)20-16-8-6-7-15(11-16)14(3)19-17-12-21-10-9-18(17,4)5/h6-8,11,13-14,17,19H,9-10,12H2,1-5H3. The molecule has 21 heavy (non-hydrogen) atoms. The van der Waals surface area contributed by atoms with Crippen molar-refractivity contribution < 1.29 is 4.74 Å². The smallest absolute Gasteiger partial charge is 0.120 e. The second-order valence-electron chi connectivity index (χ2n) is 6.99. The maximum atomic E-state index is 5.80. The van der Waals surface area contributed by atoms with Crippen LogP contribution in [-0.2, 0) is 0 Å². The molecule has 1 fully saturated rings. The Labute approximate surface area is 134 Å². The van der Waals surface area contributed by atoms with E-state index < -0.39 is 0 Å². The highest BCUT2D eigenvalue weighted by Gasteiger charge is 2.33. The zero-order valence-electron chi connectivity index (χ0n) is 14.0. The zero-order valence-corrected chi connectivity index (χ0v) is 14.8. The number of benzene rings is 1. The molecule has 1 aromatic rings. The van der Waals surface area contributed by atoms with Crippen molar-refractivity contribution in [2.75, 3.05) is 11.5 Å². The lowest BCUT2D eigenvalue weighted by Gasteiger charge is -2.40. The average Bonchev–Trinajstić information content (AvgIpc) is 2.40. The zero-order chi connectivity index (χ0) is 15.5. The number of rotatable bonds is 5. The van der Waals surface area contributed by atoms with Crippen LogP contribution in [0, 0.1) is 5.41 Å². The summed E-state index contributed by atoms with van der Waals surface area (Å²) in [6.07, 6.45) is 1.51. The molecule has 3 heteroatoms.